The van der Waals surface area contributed by atoms with Gasteiger partial charge in [0.2, 0.25) is 5.91 Å². The second-order valence-corrected chi connectivity index (χ2v) is 5.55. The summed E-state index contributed by atoms with van der Waals surface area (Å²) in [6, 6.07) is 14.3. The Morgan fingerprint density at radius 2 is 1.96 bits per heavy atom. The Hall–Kier alpha value is -3.42. The van der Waals surface area contributed by atoms with Crippen molar-refractivity contribution in [3.05, 3.63) is 60.4 Å². The van der Waals surface area contributed by atoms with Gasteiger partial charge in [-0.2, -0.15) is 0 Å². The number of hydrogen-bond donors (Lipinski definition) is 1. The molecule has 0 saturated heterocycles. The van der Waals surface area contributed by atoms with Crippen LogP contribution in [0.15, 0.2) is 54.9 Å². The van der Waals surface area contributed by atoms with Gasteiger partial charge in [-0.05, 0) is 28.1 Å². The van der Waals surface area contributed by atoms with Gasteiger partial charge >= 0.3 is 0 Å². The fourth-order valence-electron chi connectivity index (χ4n) is 2.57. The Balaban J connectivity index is 1.84. The third-order valence-electron chi connectivity index (χ3n) is 3.93. The van der Waals surface area contributed by atoms with Crippen LogP contribution in [0.2, 0.25) is 0 Å². The molecule has 0 aliphatic carbocycles. The summed E-state index contributed by atoms with van der Waals surface area (Å²) < 4.78 is 12.0. The van der Waals surface area contributed by atoms with E-state index in [0.29, 0.717) is 23.6 Å². The van der Waals surface area contributed by atoms with Gasteiger partial charge in [0.1, 0.15) is 23.9 Å². The molecule has 1 heterocycles. The van der Waals surface area contributed by atoms with E-state index in [4.69, 9.17) is 9.47 Å². The fourth-order valence-corrected chi connectivity index (χ4v) is 2.57. The van der Waals surface area contributed by atoms with Crippen LogP contribution in [0.4, 0.5) is 5.69 Å². The first kappa shape index (κ1) is 17.4. The molecule has 3 aromatic rings. The molecule has 0 radical (unpaired) electrons. The van der Waals surface area contributed by atoms with Crippen molar-refractivity contribution in [3.8, 4) is 11.5 Å². The number of hydrogen-bond acceptors (Lipinski definition) is 6. The van der Waals surface area contributed by atoms with E-state index in [-0.39, 0.29) is 5.91 Å². The summed E-state index contributed by atoms with van der Waals surface area (Å²) in [5.41, 5.74) is 1.55. The number of benzene rings is 2. The standard InChI is InChI=1S/C18H19N5O3/c1-25-14-8-9-15(17(11-14)26-2)20-18(24)16(23-12-19-21-22-23)10-13-6-4-3-5-7-13/h3-9,11-12,16H,10H2,1-2H3,(H,20,24)/t16-/m1/s1. The molecule has 0 aliphatic heterocycles. The number of anilines is 1. The molecule has 0 bridgehead atoms. The van der Waals surface area contributed by atoms with Gasteiger partial charge < -0.3 is 14.8 Å². The van der Waals surface area contributed by atoms with E-state index in [1.54, 1.807) is 25.3 Å². The van der Waals surface area contributed by atoms with E-state index in [1.807, 2.05) is 30.3 Å². The molecule has 0 saturated carbocycles. The van der Waals surface area contributed by atoms with Gasteiger partial charge in [0.15, 0.2) is 0 Å². The number of rotatable bonds is 7. The van der Waals surface area contributed by atoms with Gasteiger partial charge in [0.25, 0.3) is 0 Å². The molecule has 8 heteroatoms. The van der Waals surface area contributed by atoms with E-state index in [9.17, 15) is 4.79 Å². The Labute approximate surface area is 150 Å². The first-order chi connectivity index (χ1) is 12.7. The van der Waals surface area contributed by atoms with Crippen LogP contribution in [0.5, 0.6) is 11.5 Å². The Morgan fingerprint density at radius 3 is 2.62 bits per heavy atom. The minimum Gasteiger partial charge on any atom is -0.497 e. The first-order valence-corrected chi connectivity index (χ1v) is 8.00. The fraction of sp³-hybridized carbons (Fsp3) is 0.222. The van der Waals surface area contributed by atoms with Gasteiger partial charge in [-0.25, -0.2) is 4.68 Å². The van der Waals surface area contributed by atoms with Crippen LogP contribution >= 0.6 is 0 Å². The van der Waals surface area contributed by atoms with Crippen LogP contribution in [0, 0.1) is 0 Å². The summed E-state index contributed by atoms with van der Waals surface area (Å²) in [5, 5.41) is 14.1. The van der Waals surface area contributed by atoms with Crippen molar-refractivity contribution in [1.82, 2.24) is 20.2 Å². The molecular weight excluding hydrogens is 334 g/mol. The third-order valence-corrected chi connectivity index (χ3v) is 3.93. The maximum atomic E-state index is 12.9. The van der Waals surface area contributed by atoms with E-state index >= 15 is 0 Å². The predicted octanol–water partition coefficient (Wildman–Crippen LogP) is 2.11. The van der Waals surface area contributed by atoms with E-state index < -0.39 is 6.04 Å². The number of tetrazole rings is 1. The smallest absolute Gasteiger partial charge is 0.249 e. The molecular formula is C18H19N5O3. The van der Waals surface area contributed by atoms with Crippen LogP contribution in [0.25, 0.3) is 0 Å². The van der Waals surface area contributed by atoms with Crippen molar-refractivity contribution in [1.29, 1.82) is 0 Å². The molecule has 0 aliphatic rings. The molecule has 2 aromatic carbocycles. The van der Waals surface area contributed by atoms with Crippen LogP contribution in [-0.4, -0.2) is 40.3 Å². The number of methoxy groups -OCH3 is 2. The summed E-state index contributed by atoms with van der Waals surface area (Å²) in [6.45, 7) is 0. The minimum atomic E-state index is -0.598. The highest BCUT2D eigenvalue weighted by molar-refractivity contribution is 5.95. The number of carbonyl (C=O) groups excluding carboxylic acids is 1. The lowest BCUT2D eigenvalue weighted by Gasteiger charge is -2.18. The molecule has 3 rings (SSSR count). The maximum Gasteiger partial charge on any atom is 0.249 e. The summed E-state index contributed by atoms with van der Waals surface area (Å²) in [6.07, 6.45) is 1.88. The molecule has 0 fully saturated rings. The monoisotopic (exact) mass is 353 g/mol. The summed E-state index contributed by atoms with van der Waals surface area (Å²) >= 11 is 0. The molecule has 8 nitrogen and oxygen atoms in total. The summed E-state index contributed by atoms with van der Waals surface area (Å²) in [4.78, 5) is 12.9. The lowest BCUT2D eigenvalue weighted by molar-refractivity contribution is -0.119. The molecule has 26 heavy (non-hydrogen) atoms. The third kappa shape index (κ3) is 3.97. The first-order valence-electron chi connectivity index (χ1n) is 8.00. The van der Waals surface area contributed by atoms with Crippen molar-refractivity contribution < 1.29 is 14.3 Å². The average molecular weight is 353 g/mol. The van der Waals surface area contributed by atoms with Gasteiger partial charge in [0.05, 0.1) is 19.9 Å². The Kier molecular flexibility index (Phi) is 5.43. The Bertz CT molecular complexity index is 853. The Morgan fingerprint density at radius 1 is 1.15 bits per heavy atom. The average Bonchev–Trinajstić information content (AvgIpc) is 3.21. The van der Waals surface area contributed by atoms with Crippen molar-refractivity contribution in [2.45, 2.75) is 12.5 Å². The number of nitrogens with zero attached hydrogens (tertiary/aromatic N) is 4. The second-order valence-electron chi connectivity index (χ2n) is 5.55. The molecule has 134 valence electrons. The van der Waals surface area contributed by atoms with Gasteiger partial charge in [-0.3, -0.25) is 4.79 Å². The molecule has 1 N–H and O–H groups in total. The molecule has 1 aromatic heterocycles. The largest absolute Gasteiger partial charge is 0.497 e. The maximum absolute atomic E-state index is 12.9. The van der Waals surface area contributed by atoms with Crippen molar-refractivity contribution in [2.75, 3.05) is 19.5 Å². The van der Waals surface area contributed by atoms with Crippen molar-refractivity contribution in [2.24, 2.45) is 0 Å². The quantitative estimate of drug-likeness (QED) is 0.699. The zero-order valence-electron chi connectivity index (χ0n) is 14.5. The normalized spacial score (nSPS) is 11.6. The zero-order valence-corrected chi connectivity index (χ0v) is 14.5. The molecule has 0 spiro atoms. The molecule has 1 atom stereocenters. The van der Waals surface area contributed by atoms with Crippen molar-refractivity contribution >= 4 is 11.6 Å². The van der Waals surface area contributed by atoms with Gasteiger partial charge in [-0.15, -0.1) is 5.10 Å². The number of nitrogens with one attached hydrogen (secondary N) is 1. The molecule has 1 amide bonds. The SMILES string of the molecule is COc1ccc(NC(=O)[C@@H](Cc2ccccc2)n2cnnn2)c(OC)c1. The number of ether oxygens (including phenoxy) is 2. The van der Waals surface area contributed by atoms with Crippen LogP contribution in [0.1, 0.15) is 11.6 Å². The topological polar surface area (TPSA) is 91.2 Å². The van der Waals surface area contributed by atoms with Crippen LogP contribution in [0.3, 0.4) is 0 Å². The summed E-state index contributed by atoms with van der Waals surface area (Å²) in [5.74, 6) is 0.902. The minimum absolute atomic E-state index is 0.246. The van der Waals surface area contributed by atoms with Crippen LogP contribution < -0.4 is 14.8 Å². The molecule has 0 unspecified atom stereocenters. The zero-order chi connectivity index (χ0) is 18.4. The highest BCUT2D eigenvalue weighted by Crippen LogP contribution is 2.30. The lowest BCUT2D eigenvalue weighted by atomic mass is 10.1. The predicted molar refractivity (Wildman–Crippen MR) is 95.2 cm³/mol. The number of amides is 1. The van der Waals surface area contributed by atoms with Crippen molar-refractivity contribution in [3.63, 3.8) is 0 Å². The van der Waals surface area contributed by atoms with Gasteiger partial charge in [-0.1, -0.05) is 30.3 Å². The van der Waals surface area contributed by atoms with E-state index in [1.165, 1.54) is 18.1 Å². The van der Waals surface area contributed by atoms with Gasteiger partial charge in [0, 0.05) is 12.5 Å². The number of carbonyl (C=O) groups is 1. The lowest BCUT2D eigenvalue weighted by Crippen LogP contribution is -2.28. The second kappa shape index (κ2) is 8.11. The highest BCUT2D eigenvalue weighted by atomic mass is 16.5. The van der Waals surface area contributed by atoms with E-state index in [0.717, 1.165) is 5.56 Å². The highest BCUT2D eigenvalue weighted by Gasteiger charge is 2.23. The van der Waals surface area contributed by atoms with E-state index in [2.05, 4.69) is 20.8 Å². The van der Waals surface area contributed by atoms with Crippen LogP contribution in [-0.2, 0) is 11.2 Å². The number of aromatic nitrogens is 4. The summed E-state index contributed by atoms with van der Waals surface area (Å²) in [7, 11) is 3.11.